The second kappa shape index (κ2) is 7.06. The molecule has 0 saturated carbocycles. The zero-order valence-corrected chi connectivity index (χ0v) is 15.3. The van der Waals surface area contributed by atoms with Crippen LogP contribution in [0.3, 0.4) is 0 Å². The number of unbranched alkanes of at least 4 members (excludes halogenated alkanes) is 1. The topological polar surface area (TPSA) is 197 Å². The maximum absolute atomic E-state index is 12.4. The molecule has 2 aromatic rings. The highest BCUT2D eigenvalue weighted by Crippen LogP contribution is 2.61. The van der Waals surface area contributed by atoms with E-state index in [1.165, 1.54) is 0 Å². The Hall–Kier alpha value is -1.66. The Morgan fingerprint density at radius 3 is 2.70 bits per heavy atom. The highest BCUT2D eigenvalue weighted by molar-refractivity contribution is 7.52. The molecule has 1 aliphatic rings. The van der Waals surface area contributed by atoms with Crippen molar-refractivity contribution in [2.24, 2.45) is 0 Å². The van der Waals surface area contributed by atoms with Crippen LogP contribution in [0, 0.1) is 0 Å². The summed E-state index contributed by atoms with van der Waals surface area (Å²) in [5, 5.41) is 31.3. The molecule has 12 nitrogen and oxygen atoms in total. The van der Waals surface area contributed by atoms with Crippen LogP contribution in [0.15, 0.2) is 12.7 Å². The fraction of sp³-hybridized carbons (Fsp3) is 0.643. The van der Waals surface area contributed by atoms with Crippen LogP contribution in [0.2, 0.25) is 0 Å². The lowest BCUT2D eigenvalue weighted by atomic mass is 10.0. The molecule has 1 aliphatic heterocycles. The Balaban J connectivity index is 2.14. The summed E-state index contributed by atoms with van der Waals surface area (Å²) in [5.41, 5.74) is 2.93. The highest BCUT2D eigenvalue weighted by atomic mass is 31.2. The molecule has 3 rings (SSSR count). The third kappa shape index (κ3) is 3.03. The van der Waals surface area contributed by atoms with Crippen molar-refractivity contribution < 1.29 is 34.4 Å². The van der Waals surface area contributed by atoms with Crippen LogP contribution in [0.25, 0.3) is 11.2 Å². The van der Waals surface area contributed by atoms with Crippen molar-refractivity contribution in [1.29, 1.82) is 0 Å². The van der Waals surface area contributed by atoms with Crippen LogP contribution in [-0.4, -0.2) is 69.0 Å². The van der Waals surface area contributed by atoms with Crippen LogP contribution in [0.4, 0.5) is 5.82 Å². The van der Waals surface area contributed by atoms with Crippen LogP contribution >= 0.6 is 7.60 Å². The summed E-state index contributed by atoms with van der Waals surface area (Å²) in [6, 6.07) is 0. The van der Waals surface area contributed by atoms with E-state index in [0.717, 1.165) is 23.6 Å². The number of aliphatic hydroxyl groups excluding tert-OH is 3. The van der Waals surface area contributed by atoms with Gasteiger partial charge in [0, 0.05) is 0 Å². The number of nitrogen functional groups attached to an aromatic ring is 1. The van der Waals surface area contributed by atoms with Gasteiger partial charge in [-0.2, -0.15) is 0 Å². The number of ether oxygens (including phenoxy) is 1. The van der Waals surface area contributed by atoms with Crippen molar-refractivity contribution in [3.8, 4) is 0 Å². The van der Waals surface area contributed by atoms with Gasteiger partial charge in [0.05, 0.1) is 6.10 Å². The molecule has 0 aliphatic carbocycles. The van der Waals surface area contributed by atoms with Crippen molar-refractivity contribution in [3.63, 3.8) is 0 Å². The summed E-state index contributed by atoms with van der Waals surface area (Å²) >= 11 is 0. The van der Waals surface area contributed by atoms with Gasteiger partial charge in [0.15, 0.2) is 11.5 Å². The number of fused-ring (bicyclic) bond motifs is 1. The maximum Gasteiger partial charge on any atom is 0.381 e. The SMILES string of the molecule is CCCCC(O)[C@H]1O[C@](n2cnc3c(N)ncnc32)(P(=O)(O)O)[C@H](O)[C@@H]1O. The molecule has 150 valence electrons. The monoisotopic (exact) mass is 403 g/mol. The average Bonchev–Trinajstić information content (AvgIpc) is 3.14. The lowest BCUT2D eigenvalue weighted by molar-refractivity contribution is -0.119. The molecule has 0 radical (unpaired) electrons. The number of nitrogens with two attached hydrogens (primary N) is 1. The van der Waals surface area contributed by atoms with Crippen molar-refractivity contribution in [1.82, 2.24) is 19.5 Å². The molecule has 1 saturated heterocycles. The Kier molecular flexibility index (Phi) is 5.25. The van der Waals surface area contributed by atoms with E-state index in [1.807, 2.05) is 6.92 Å². The molecule has 0 amide bonds. The molecule has 0 bridgehead atoms. The number of hydrogen-bond donors (Lipinski definition) is 6. The van der Waals surface area contributed by atoms with Crippen LogP contribution in [0.5, 0.6) is 0 Å². The lowest BCUT2D eigenvalue weighted by Crippen LogP contribution is -2.45. The van der Waals surface area contributed by atoms with Gasteiger partial charge in [0.1, 0.15) is 36.5 Å². The molecule has 5 atom stereocenters. The summed E-state index contributed by atoms with van der Waals surface area (Å²) in [6.07, 6.45) is -2.83. The number of rotatable bonds is 6. The zero-order valence-electron chi connectivity index (χ0n) is 14.5. The Morgan fingerprint density at radius 2 is 2.07 bits per heavy atom. The molecule has 7 N–H and O–H groups in total. The van der Waals surface area contributed by atoms with Crippen molar-refractivity contribution >= 4 is 24.6 Å². The summed E-state index contributed by atoms with van der Waals surface area (Å²) in [6.45, 7) is 1.90. The summed E-state index contributed by atoms with van der Waals surface area (Å²) < 4.78 is 18.7. The first-order valence-electron chi connectivity index (χ1n) is 8.36. The maximum atomic E-state index is 12.4. The Labute approximate surface area is 153 Å². The number of aliphatic hydroxyl groups is 3. The predicted octanol–water partition coefficient (Wildman–Crippen LogP) is -1.13. The fourth-order valence-corrected chi connectivity index (χ4v) is 4.48. The number of aromatic nitrogens is 4. The minimum absolute atomic E-state index is 0.0350. The first-order valence-corrected chi connectivity index (χ1v) is 9.98. The van der Waals surface area contributed by atoms with Crippen LogP contribution < -0.4 is 5.73 Å². The van der Waals surface area contributed by atoms with Gasteiger partial charge in [-0.05, 0) is 6.42 Å². The van der Waals surface area contributed by atoms with Gasteiger partial charge >= 0.3 is 7.60 Å². The molecule has 0 aromatic carbocycles. The van der Waals surface area contributed by atoms with E-state index in [2.05, 4.69) is 15.0 Å². The van der Waals surface area contributed by atoms with E-state index in [4.69, 9.17) is 10.5 Å². The molecular formula is C14H22N5O7P. The van der Waals surface area contributed by atoms with Crippen LogP contribution in [0.1, 0.15) is 26.2 Å². The normalized spacial score (nSPS) is 30.1. The van der Waals surface area contributed by atoms with E-state index in [-0.39, 0.29) is 23.4 Å². The minimum atomic E-state index is -5.27. The lowest BCUT2D eigenvalue weighted by Gasteiger charge is -2.33. The number of hydrogen-bond acceptors (Lipinski definition) is 9. The summed E-state index contributed by atoms with van der Waals surface area (Å²) in [4.78, 5) is 31.7. The van der Waals surface area contributed by atoms with E-state index < -0.39 is 37.5 Å². The van der Waals surface area contributed by atoms with E-state index >= 15 is 0 Å². The van der Waals surface area contributed by atoms with Crippen molar-refractivity contribution in [3.05, 3.63) is 12.7 Å². The van der Waals surface area contributed by atoms with E-state index in [0.29, 0.717) is 6.42 Å². The smallest absolute Gasteiger partial charge is 0.381 e. The van der Waals surface area contributed by atoms with Crippen molar-refractivity contribution in [2.75, 3.05) is 5.73 Å². The summed E-state index contributed by atoms with van der Waals surface area (Å²) in [5.74, 6) is -0.0350. The van der Waals surface area contributed by atoms with Gasteiger partial charge in [-0.15, -0.1) is 0 Å². The predicted molar refractivity (Wildman–Crippen MR) is 92.2 cm³/mol. The van der Waals surface area contributed by atoms with Gasteiger partial charge in [-0.3, -0.25) is 9.13 Å². The number of imidazole rings is 1. The molecule has 1 unspecified atom stereocenters. The van der Waals surface area contributed by atoms with E-state index in [9.17, 15) is 29.7 Å². The van der Waals surface area contributed by atoms with Gasteiger partial charge in [0.25, 0.3) is 5.47 Å². The second-order valence-electron chi connectivity index (χ2n) is 6.48. The zero-order chi connectivity index (χ0) is 20.0. The third-order valence-corrected chi connectivity index (χ3v) is 6.13. The molecule has 0 spiro atoms. The largest absolute Gasteiger partial charge is 0.390 e. The average molecular weight is 403 g/mol. The molecule has 27 heavy (non-hydrogen) atoms. The minimum Gasteiger partial charge on any atom is -0.390 e. The number of anilines is 1. The molecule has 13 heteroatoms. The fourth-order valence-electron chi connectivity index (χ4n) is 3.29. The van der Waals surface area contributed by atoms with Crippen LogP contribution in [-0.2, 0) is 14.8 Å². The molecule has 2 aromatic heterocycles. The molecule has 1 fully saturated rings. The standard InChI is InChI=1S/C14H22N5O7P/c1-2-3-4-7(20)10-9(21)11(22)14(26-10,27(23,24)25)19-6-18-8-12(15)16-5-17-13(8)19/h5-7,9-11,20-22H,2-4H2,1H3,(H2,15,16,17)(H2,23,24,25)/t7?,9-,10-,11-,14+/m1/s1. The van der Waals surface area contributed by atoms with Gasteiger partial charge in [-0.25, -0.2) is 15.0 Å². The highest BCUT2D eigenvalue weighted by Gasteiger charge is 2.67. The first-order chi connectivity index (χ1) is 12.6. The summed E-state index contributed by atoms with van der Waals surface area (Å²) in [7, 11) is -5.27. The van der Waals surface area contributed by atoms with Crippen molar-refractivity contribution in [2.45, 2.75) is 56.1 Å². The van der Waals surface area contributed by atoms with Gasteiger partial charge in [-0.1, -0.05) is 19.8 Å². The van der Waals surface area contributed by atoms with Gasteiger partial charge in [0.2, 0.25) is 0 Å². The van der Waals surface area contributed by atoms with Gasteiger partial charge < -0.3 is 35.6 Å². The molecular weight excluding hydrogens is 381 g/mol. The van der Waals surface area contributed by atoms with E-state index in [1.54, 1.807) is 0 Å². The first kappa shape index (κ1) is 20.1. The Bertz CT molecular complexity index is 873. The quantitative estimate of drug-likeness (QED) is 0.319. The molecule has 3 heterocycles. The Morgan fingerprint density at radius 1 is 1.37 bits per heavy atom. The number of nitrogens with zero attached hydrogens (tertiary/aromatic N) is 4. The second-order valence-corrected chi connectivity index (χ2v) is 8.20. The third-order valence-electron chi connectivity index (χ3n) is 4.71.